The number of non-ortho nitro benzene ring substituents is 1. The molecule has 0 bridgehead atoms. The molecule has 0 radical (unpaired) electrons. The summed E-state index contributed by atoms with van der Waals surface area (Å²) in [6, 6.07) is 14.2. The fourth-order valence-electron chi connectivity index (χ4n) is 2.87. The molecule has 0 atom stereocenters. The van der Waals surface area contributed by atoms with Crippen LogP contribution in [0.25, 0.3) is 0 Å². The van der Waals surface area contributed by atoms with Gasteiger partial charge in [0.25, 0.3) is 11.6 Å². The SMILES string of the molecule is COc1cc(C(=O)N=Nc2ccc(NOC(=O)c3cccc([N+](=O)[O-])c3)cc2)cc(OC)c1OC. The molecule has 3 rings (SSSR count). The first-order valence-corrected chi connectivity index (χ1v) is 9.94. The van der Waals surface area contributed by atoms with Crippen LogP contribution >= 0.6 is 0 Å². The van der Waals surface area contributed by atoms with E-state index in [9.17, 15) is 19.7 Å². The molecule has 0 aromatic heterocycles. The molecule has 1 amide bonds. The zero-order valence-electron chi connectivity index (χ0n) is 18.9. The van der Waals surface area contributed by atoms with E-state index in [2.05, 4.69) is 15.7 Å². The Hall–Kier alpha value is -5.00. The number of methoxy groups -OCH3 is 3. The Morgan fingerprint density at radius 2 is 1.54 bits per heavy atom. The van der Waals surface area contributed by atoms with Crippen LogP contribution in [0.5, 0.6) is 17.2 Å². The molecule has 0 heterocycles. The molecule has 3 aromatic carbocycles. The maximum Gasteiger partial charge on any atom is 0.363 e. The second kappa shape index (κ2) is 11.2. The smallest absolute Gasteiger partial charge is 0.363 e. The average molecular weight is 480 g/mol. The van der Waals surface area contributed by atoms with E-state index < -0.39 is 16.8 Å². The van der Waals surface area contributed by atoms with Crippen LogP contribution in [0.15, 0.2) is 70.9 Å². The van der Waals surface area contributed by atoms with Crippen molar-refractivity contribution in [3.05, 3.63) is 81.9 Å². The molecule has 0 aliphatic rings. The van der Waals surface area contributed by atoms with E-state index >= 15 is 0 Å². The van der Waals surface area contributed by atoms with E-state index in [4.69, 9.17) is 19.0 Å². The summed E-state index contributed by atoms with van der Waals surface area (Å²) < 4.78 is 15.7. The number of azo groups is 1. The molecule has 1 N–H and O–H groups in total. The summed E-state index contributed by atoms with van der Waals surface area (Å²) in [7, 11) is 4.32. The van der Waals surface area contributed by atoms with Crippen molar-refractivity contribution in [2.45, 2.75) is 0 Å². The Balaban J connectivity index is 1.64. The monoisotopic (exact) mass is 480 g/mol. The van der Waals surface area contributed by atoms with Gasteiger partial charge in [0.2, 0.25) is 5.75 Å². The van der Waals surface area contributed by atoms with Crippen molar-refractivity contribution in [1.82, 2.24) is 0 Å². The lowest BCUT2D eigenvalue weighted by atomic mass is 10.1. The van der Waals surface area contributed by atoms with Crippen LogP contribution in [0.3, 0.4) is 0 Å². The number of hydrogen-bond donors (Lipinski definition) is 1. The minimum Gasteiger partial charge on any atom is -0.493 e. The summed E-state index contributed by atoms with van der Waals surface area (Å²) in [5.74, 6) is -0.468. The Morgan fingerprint density at radius 3 is 2.11 bits per heavy atom. The highest BCUT2D eigenvalue weighted by atomic mass is 16.7. The van der Waals surface area contributed by atoms with Crippen LogP contribution in [-0.4, -0.2) is 38.1 Å². The molecule has 0 fully saturated rings. The Morgan fingerprint density at radius 1 is 0.886 bits per heavy atom. The summed E-state index contributed by atoms with van der Waals surface area (Å²) >= 11 is 0. The Kier molecular flexibility index (Phi) is 7.90. The number of nitrogens with zero attached hydrogens (tertiary/aromatic N) is 3. The molecular weight excluding hydrogens is 460 g/mol. The number of ether oxygens (including phenoxy) is 3. The van der Waals surface area contributed by atoms with E-state index in [-0.39, 0.29) is 16.8 Å². The predicted octanol–water partition coefficient (Wildman–Crippen LogP) is 4.73. The van der Waals surface area contributed by atoms with Gasteiger partial charge in [0.1, 0.15) is 0 Å². The molecule has 12 heteroatoms. The molecule has 35 heavy (non-hydrogen) atoms. The van der Waals surface area contributed by atoms with Crippen LogP contribution in [0.4, 0.5) is 17.1 Å². The first-order valence-electron chi connectivity index (χ1n) is 9.94. The number of benzene rings is 3. The van der Waals surface area contributed by atoms with E-state index in [0.29, 0.717) is 28.6 Å². The van der Waals surface area contributed by atoms with Gasteiger partial charge in [-0.2, -0.15) is 0 Å². The number of carbonyl (C=O) groups excluding carboxylic acids is 2. The van der Waals surface area contributed by atoms with Gasteiger partial charge in [-0.05, 0) is 42.5 Å². The Labute approximate surface area is 199 Å². The summed E-state index contributed by atoms with van der Waals surface area (Å²) in [6.45, 7) is 0. The topological polar surface area (TPSA) is 151 Å². The summed E-state index contributed by atoms with van der Waals surface area (Å²) in [5, 5.41) is 18.5. The van der Waals surface area contributed by atoms with Crippen LogP contribution in [-0.2, 0) is 4.84 Å². The zero-order valence-corrected chi connectivity index (χ0v) is 18.9. The largest absolute Gasteiger partial charge is 0.493 e. The zero-order chi connectivity index (χ0) is 25.4. The highest BCUT2D eigenvalue weighted by Crippen LogP contribution is 2.38. The van der Waals surface area contributed by atoms with Crippen molar-refractivity contribution >= 4 is 28.9 Å². The van der Waals surface area contributed by atoms with Crippen molar-refractivity contribution in [3.63, 3.8) is 0 Å². The van der Waals surface area contributed by atoms with Gasteiger partial charge in [-0.15, -0.1) is 10.2 Å². The maximum absolute atomic E-state index is 12.5. The first kappa shape index (κ1) is 24.6. The van der Waals surface area contributed by atoms with Gasteiger partial charge in [-0.3, -0.25) is 14.9 Å². The molecule has 0 saturated carbocycles. The van der Waals surface area contributed by atoms with Crippen LogP contribution in [0.1, 0.15) is 20.7 Å². The number of anilines is 1. The molecule has 0 unspecified atom stereocenters. The van der Waals surface area contributed by atoms with Gasteiger partial charge in [-0.1, -0.05) is 6.07 Å². The minimum absolute atomic E-state index is 0.0161. The number of hydrogen-bond acceptors (Lipinski definition) is 10. The quantitative estimate of drug-likeness (QED) is 0.260. The molecule has 3 aromatic rings. The molecule has 0 aliphatic heterocycles. The van der Waals surface area contributed by atoms with E-state index in [1.165, 1.54) is 63.8 Å². The number of rotatable bonds is 9. The summed E-state index contributed by atoms with van der Waals surface area (Å²) in [4.78, 5) is 39.8. The Bertz CT molecular complexity index is 1250. The minimum atomic E-state index is -0.798. The van der Waals surface area contributed by atoms with E-state index in [1.54, 1.807) is 12.1 Å². The summed E-state index contributed by atoms with van der Waals surface area (Å²) in [6.07, 6.45) is 0. The van der Waals surface area contributed by atoms with Crippen molar-refractivity contribution in [2.24, 2.45) is 10.2 Å². The van der Waals surface area contributed by atoms with Gasteiger partial charge in [0, 0.05) is 12.1 Å². The molecule has 0 saturated heterocycles. The van der Waals surface area contributed by atoms with Gasteiger partial charge in [0.15, 0.2) is 11.5 Å². The fraction of sp³-hybridized carbons (Fsp3) is 0.130. The standard InChI is InChI=1S/C23H20N4O8/c1-32-19-12-15(13-20(33-2)21(19)34-3)22(28)25-24-16-7-9-17(10-8-16)26-35-23(29)14-5-4-6-18(11-14)27(30)31/h4-13,26H,1-3H3. The number of carbonyl (C=O) groups is 2. The predicted molar refractivity (Wildman–Crippen MR) is 124 cm³/mol. The maximum atomic E-state index is 12.5. The molecule has 0 spiro atoms. The third-order valence-electron chi connectivity index (χ3n) is 4.59. The number of amides is 1. The van der Waals surface area contributed by atoms with Gasteiger partial charge < -0.3 is 19.0 Å². The lowest BCUT2D eigenvalue weighted by Crippen LogP contribution is -2.10. The molecule has 12 nitrogen and oxygen atoms in total. The van der Waals surface area contributed by atoms with E-state index in [0.717, 1.165) is 6.07 Å². The second-order valence-corrected chi connectivity index (χ2v) is 6.77. The summed E-state index contributed by atoms with van der Waals surface area (Å²) in [5.41, 5.74) is 3.19. The first-order chi connectivity index (χ1) is 16.9. The van der Waals surface area contributed by atoms with E-state index in [1.807, 2.05) is 0 Å². The lowest BCUT2D eigenvalue weighted by Gasteiger charge is -2.12. The van der Waals surface area contributed by atoms with Gasteiger partial charge in [-0.25, -0.2) is 10.3 Å². The lowest BCUT2D eigenvalue weighted by molar-refractivity contribution is -0.384. The van der Waals surface area contributed by atoms with Crippen LogP contribution in [0, 0.1) is 10.1 Å². The van der Waals surface area contributed by atoms with Crippen molar-refractivity contribution in [3.8, 4) is 17.2 Å². The molecule has 180 valence electrons. The third-order valence-corrected chi connectivity index (χ3v) is 4.59. The molecular formula is C23H20N4O8. The highest BCUT2D eigenvalue weighted by molar-refractivity contribution is 5.96. The normalized spacial score (nSPS) is 10.5. The van der Waals surface area contributed by atoms with Gasteiger partial charge in [0.05, 0.1) is 48.8 Å². The third kappa shape index (κ3) is 6.07. The number of nitro benzene ring substituents is 1. The average Bonchev–Trinajstić information content (AvgIpc) is 2.89. The van der Waals surface area contributed by atoms with Crippen molar-refractivity contribution in [1.29, 1.82) is 0 Å². The fourth-order valence-corrected chi connectivity index (χ4v) is 2.87. The number of nitro groups is 1. The van der Waals surface area contributed by atoms with Crippen LogP contribution < -0.4 is 19.7 Å². The van der Waals surface area contributed by atoms with Crippen LogP contribution in [0.2, 0.25) is 0 Å². The van der Waals surface area contributed by atoms with Crippen molar-refractivity contribution in [2.75, 3.05) is 26.8 Å². The van der Waals surface area contributed by atoms with Gasteiger partial charge >= 0.3 is 5.97 Å². The second-order valence-electron chi connectivity index (χ2n) is 6.77. The number of nitrogens with one attached hydrogen (secondary N) is 1. The highest BCUT2D eigenvalue weighted by Gasteiger charge is 2.17. The van der Waals surface area contributed by atoms with Crippen molar-refractivity contribution < 1.29 is 33.6 Å². The molecule has 0 aliphatic carbocycles.